The monoisotopic (exact) mass is 246 g/mol. The molecule has 98 valence electrons. The Labute approximate surface area is 109 Å². The van der Waals surface area contributed by atoms with Crippen LogP contribution in [0.25, 0.3) is 0 Å². The number of aromatic nitrogens is 1. The first kappa shape index (κ1) is 13.0. The summed E-state index contributed by atoms with van der Waals surface area (Å²) in [6.45, 7) is 7.90. The third-order valence-corrected chi connectivity index (χ3v) is 3.92. The van der Waals surface area contributed by atoms with Gasteiger partial charge in [0.05, 0.1) is 0 Å². The molecule has 2 rings (SSSR count). The lowest BCUT2D eigenvalue weighted by Gasteiger charge is -2.35. The Bertz CT molecular complexity index is 430. The van der Waals surface area contributed by atoms with Gasteiger partial charge in [-0.3, -0.25) is 15.3 Å². The maximum Gasteiger partial charge on any atom is 0.141 e. The molecule has 4 nitrogen and oxygen atoms in total. The molecule has 2 atom stereocenters. The second kappa shape index (κ2) is 5.48. The Morgan fingerprint density at radius 2 is 2.28 bits per heavy atom. The van der Waals surface area contributed by atoms with Crippen LogP contribution in [0.15, 0.2) is 18.3 Å². The lowest BCUT2D eigenvalue weighted by atomic mass is 9.88. The first-order chi connectivity index (χ1) is 8.56. The first-order valence-electron chi connectivity index (χ1n) is 6.58. The van der Waals surface area contributed by atoms with Gasteiger partial charge in [-0.05, 0) is 42.5 Å². The van der Waals surface area contributed by atoms with Crippen LogP contribution in [0.5, 0.6) is 0 Å². The van der Waals surface area contributed by atoms with Crippen molar-refractivity contribution in [1.82, 2.24) is 9.88 Å². The Morgan fingerprint density at radius 1 is 1.50 bits per heavy atom. The Kier molecular flexibility index (Phi) is 3.97. The Hall–Kier alpha value is -1.42. The number of pyridine rings is 1. The predicted octanol–water partition coefficient (Wildman–Crippen LogP) is 1.84. The highest BCUT2D eigenvalue weighted by molar-refractivity contribution is 5.93. The van der Waals surface area contributed by atoms with E-state index >= 15 is 0 Å². The molecule has 0 amide bonds. The number of nitrogens with zero attached hydrogens (tertiary/aromatic N) is 2. The van der Waals surface area contributed by atoms with Crippen LogP contribution >= 0.6 is 0 Å². The van der Waals surface area contributed by atoms with E-state index in [0.29, 0.717) is 5.69 Å². The maximum absolute atomic E-state index is 7.41. The summed E-state index contributed by atoms with van der Waals surface area (Å²) in [4.78, 5) is 6.57. The summed E-state index contributed by atoms with van der Waals surface area (Å²) in [5, 5.41) is 7.41. The van der Waals surface area contributed by atoms with E-state index < -0.39 is 0 Å². The van der Waals surface area contributed by atoms with Gasteiger partial charge >= 0.3 is 0 Å². The fraction of sp³-hybridized carbons (Fsp3) is 0.571. The van der Waals surface area contributed by atoms with E-state index in [1.807, 2.05) is 12.1 Å². The van der Waals surface area contributed by atoms with Gasteiger partial charge in [-0.2, -0.15) is 0 Å². The summed E-state index contributed by atoms with van der Waals surface area (Å²) in [6.07, 6.45) is 3.01. The third kappa shape index (κ3) is 3.07. The van der Waals surface area contributed by atoms with Gasteiger partial charge in [0, 0.05) is 19.3 Å². The van der Waals surface area contributed by atoms with Crippen molar-refractivity contribution in [3.8, 4) is 0 Å². The van der Waals surface area contributed by atoms with Crippen LogP contribution in [-0.2, 0) is 6.54 Å². The number of likely N-dealkylation sites (tertiary alicyclic amines) is 1. The van der Waals surface area contributed by atoms with E-state index in [9.17, 15) is 0 Å². The molecule has 1 fully saturated rings. The Balaban J connectivity index is 2.01. The van der Waals surface area contributed by atoms with Crippen molar-refractivity contribution in [1.29, 1.82) is 5.41 Å². The summed E-state index contributed by atoms with van der Waals surface area (Å²) in [5.41, 5.74) is 7.23. The average Bonchev–Trinajstić information content (AvgIpc) is 2.34. The second-order valence-electron chi connectivity index (χ2n) is 5.44. The normalized spacial score (nSPS) is 25.0. The molecule has 0 bridgehead atoms. The quantitative estimate of drug-likeness (QED) is 0.632. The number of rotatable bonds is 3. The van der Waals surface area contributed by atoms with Gasteiger partial charge in [0.2, 0.25) is 0 Å². The zero-order valence-corrected chi connectivity index (χ0v) is 11.2. The van der Waals surface area contributed by atoms with Crippen molar-refractivity contribution in [2.75, 3.05) is 13.1 Å². The topological polar surface area (TPSA) is 66.0 Å². The maximum atomic E-state index is 7.41. The van der Waals surface area contributed by atoms with Crippen molar-refractivity contribution in [2.24, 2.45) is 17.6 Å². The standard InChI is InChI=1S/C14H22N4/c1-10-4-6-18(8-11(10)2)9-12-3-5-17-13(7-12)14(15)16/h3,5,7,10-11H,4,6,8-9H2,1-2H3,(H3,15,16). The van der Waals surface area contributed by atoms with Crippen LogP contribution < -0.4 is 5.73 Å². The molecule has 3 N–H and O–H groups in total. The van der Waals surface area contributed by atoms with Crippen molar-refractivity contribution in [3.63, 3.8) is 0 Å². The molecule has 2 unspecified atom stereocenters. The van der Waals surface area contributed by atoms with E-state index in [2.05, 4.69) is 23.7 Å². The number of hydrogen-bond acceptors (Lipinski definition) is 3. The first-order valence-corrected chi connectivity index (χ1v) is 6.58. The van der Waals surface area contributed by atoms with Crippen LogP contribution in [0.3, 0.4) is 0 Å². The molecule has 0 spiro atoms. The molecule has 0 saturated carbocycles. The van der Waals surface area contributed by atoms with Gasteiger partial charge in [0.15, 0.2) is 0 Å². The minimum atomic E-state index is 0.0393. The number of nitrogen functional groups attached to an aromatic ring is 1. The molecular weight excluding hydrogens is 224 g/mol. The molecule has 1 saturated heterocycles. The van der Waals surface area contributed by atoms with E-state index in [1.54, 1.807) is 6.20 Å². The summed E-state index contributed by atoms with van der Waals surface area (Å²) in [6, 6.07) is 3.93. The fourth-order valence-corrected chi connectivity index (χ4v) is 2.47. The smallest absolute Gasteiger partial charge is 0.141 e. The molecule has 18 heavy (non-hydrogen) atoms. The molecular formula is C14H22N4. The summed E-state index contributed by atoms with van der Waals surface area (Å²) in [5.74, 6) is 1.62. The molecule has 2 heterocycles. The molecule has 1 aliphatic heterocycles. The largest absolute Gasteiger partial charge is 0.382 e. The number of hydrogen-bond donors (Lipinski definition) is 2. The van der Waals surface area contributed by atoms with Crippen LogP contribution in [0.1, 0.15) is 31.5 Å². The molecule has 0 radical (unpaired) electrons. The Morgan fingerprint density at radius 3 is 2.94 bits per heavy atom. The van der Waals surface area contributed by atoms with Gasteiger partial charge < -0.3 is 5.73 Å². The minimum Gasteiger partial charge on any atom is -0.382 e. The van der Waals surface area contributed by atoms with Gasteiger partial charge in [-0.25, -0.2) is 0 Å². The van der Waals surface area contributed by atoms with Crippen molar-refractivity contribution >= 4 is 5.84 Å². The highest BCUT2D eigenvalue weighted by Crippen LogP contribution is 2.23. The molecule has 0 aromatic carbocycles. The molecule has 0 aliphatic carbocycles. The number of piperidine rings is 1. The summed E-state index contributed by atoms with van der Waals surface area (Å²) in [7, 11) is 0. The average molecular weight is 246 g/mol. The SMILES string of the molecule is CC1CCN(Cc2ccnc(C(=N)N)c2)CC1C. The van der Waals surface area contributed by atoms with E-state index in [-0.39, 0.29) is 5.84 Å². The van der Waals surface area contributed by atoms with E-state index in [4.69, 9.17) is 11.1 Å². The number of nitrogens with two attached hydrogens (primary N) is 1. The molecule has 1 aromatic rings. The zero-order valence-electron chi connectivity index (χ0n) is 11.2. The van der Waals surface area contributed by atoms with E-state index in [1.165, 1.54) is 12.0 Å². The van der Waals surface area contributed by atoms with Crippen molar-refractivity contribution in [3.05, 3.63) is 29.6 Å². The van der Waals surface area contributed by atoms with Gasteiger partial charge in [0.25, 0.3) is 0 Å². The highest BCUT2D eigenvalue weighted by atomic mass is 15.1. The van der Waals surface area contributed by atoms with Crippen molar-refractivity contribution in [2.45, 2.75) is 26.8 Å². The molecule has 4 heteroatoms. The van der Waals surface area contributed by atoms with Gasteiger partial charge in [-0.15, -0.1) is 0 Å². The lowest BCUT2D eigenvalue weighted by Crippen LogP contribution is -2.37. The minimum absolute atomic E-state index is 0.0393. The lowest BCUT2D eigenvalue weighted by molar-refractivity contribution is 0.132. The van der Waals surface area contributed by atoms with Crippen LogP contribution in [0, 0.1) is 17.2 Å². The highest BCUT2D eigenvalue weighted by Gasteiger charge is 2.22. The fourth-order valence-electron chi connectivity index (χ4n) is 2.47. The third-order valence-electron chi connectivity index (χ3n) is 3.92. The van der Waals surface area contributed by atoms with Gasteiger partial charge in [0.1, 0.15) is 11.5 Å². The second-order valence-corrected chi connectivity index (χ2v) is 5.44. The summed E-state index contributed by atoms with van der Waals surface area (Å²) >= 11 is 0. The number of amidine groups is 1. The number of nitrogens with one attached hydrogen (secondary N) is 1. The van der Waals surface area contributed by atoms with Crippen LogP contribution in [0.4, 0.5) is 0 Å². The summed E-state index contributed by atoms with van der Waals surface area (Å²) < 4.78 is 0. The zero-order chi connectivity index (χ0) is 13.1. The van der Waals surface area contributed by atoms with Crippen LogP contribution in [0.2, 0.25) is 0 Å². The predicted molar refractivity (Wildman–Crippen MR) is 73.5 cm³/mol. The van der Waals surface area contributed by atoms with Gasteiger partial charge in [-0.1, -0.05) is 13.8 Å². The molecule has 1 aromatic heterocycles. The van der Waals surface area contributed by atoms with Crippen molar-refractivity contribution < 1.29 is 0 Å². The van der Waals surface area contributed by atoms with Crippen LogP contribution in [-0.4, -0.2) is 28.8 Å². The molecule has 1 aliphatic rings. The van der Waals surface area contributed by atoms with E-state index in [0.717, 1.165) is 31.5 Å².